The van der Waals surface area contributed by atoms with Gasteiger partial charge in [-0.2, -0.15) is 0 Å². The minimum atomic E-state index is -0.340. The summed E-state index contributed by atoms with van der Waals surface area (Å²) >= 11 is 0. The van der Waals surface area contributed by atoms with E-state index in [0.29, 0.717) is 17.2 Å². The van der Waals surface area contributed by atoms with E-state index >= 15 is 0 Å². The molecule has 2 N–H and O–H groups in total. The van der Waals surface area contributed by atoms with Gasteiger partial charge in [0, 0.05) is 13.6 Å². The van der Waals surface area contributed by atoms with Crippen LogP contribution >= 0.6 is 0 Å². The van der Waals surface area contributed by atoms with Crippen LogP contribution in [-0.4, -0.2) is 26.7 Å². The van der Waals surface area contributed by atoms with E-state index in [0.717, 1.165) is 18.2 Å². The van der Waals surface area contributed by atoms with Crippen LogP contribution in [0, 0.1) is 11.8 Å². The van der Waals surface area contributed by atoms with Gasteiger partial charge in [0.1, 0.15) is 0 Å². The number of esters is 1. The number of anilines is 2. The molecule has 0 heterocycles. The number of rotatable bonds is 4. The van der Waals surface area contributed by atoms with E-state index in [1.165, 1.54) is 13.5 Å². The van der Waals surface area contributed by atoms with Crippen molar-refractivity contribution in [3.63, 3.8) is 0 Å². The van der Waals surface area contributed by atoms with Crippen LogP contribution in [0.3, 0.4) is 0 Å². The number of nitrogen functional groups attached to an aromatic ring is 1. The molecule has 1 aliphatic carbocycles. The smallest absolute Gasteiger partial charge is 0.340 e. The van der Waals surface area contributed by atoms with Crippen molar-refractivity contribution in [2.24, 2.45) is 11.8 Å². The Hall–Kier alpha value is -1.71. The van der Waals surface area contributed by atoms with Gasteiger partial charge in [0.2, 0.25) is 0 Å². The van der Waals surface area contributed by atoms with Crippen molar-refractivity contribution in [2.75, 3.05) is 31.3 Å². The minimum Gasteiger partial charge on any atom is -0.465 e. The van der Waals surface area contributed by atoms with Gasteiger partial charge in [0.15, 0.2) is 0 Å². The molecular weight excluding hydrogens is 228 g/mol. The molecular formula is C14H20N2O2. The molecule has 1 aromatic carbocycles. The Bertz CT molecular complexity index is 459. The van der Waals surface area contributed by atoms with Crippen LogP contribution in [0.1, 0.15) is 23.7 Å². The lowest BCUT2D eigenvalue weighted by atomic mass is 10.1. The number of nitrogens with zero attached hydrogens (tertiary/aromatic N) is 1. The fourth-order valence-corrected chi connectivity index (χ4v) is 2.36. The maximum atomic E-state index is 11.8. The van der Waals surface area contributed by atoms with Crippen molar-refractivity contribution in [1.82, 2.24) is 0 Å². The van der Waals surface area contributed by atoms with E-state index in [-0.39, 0.29) is 5.97 Å². The molecule has 1 aromatic rings. The van der Waals surface area contributed by atoms with Crippen molar-refractivity contribution >= 4 is 17.3 Å². The molecule has 0 bridgehead atoms. The second-order valence-corrected chi connectivity index (χ2v) is 5.09. The summed E-state index contributed by atoms with van der Waals surface area (Å²) in [5.41, 5.74) is 7.93. The molecule has 1 fully saturated rings. The second-order valence-electron chi connectivity index (χ2n) is 5.09. The molecule has 1 saturated carbocycles. The zero-order valence-corrected chi connectivity index (χ0v) is 11.1. The number of ether oxygens (including phenoxy) is 1. The molecule has 0 amide bonds. The third-order valence-corrected chi connectivity index (χ3v) is 3.64. The number of benzene rings is 1. The third kappa shape index (κ3) is 2.42. The Morgan fingerprint density at radius 2 is 2.22 bits per heavy atom. The molecule has 0 radical (unpaired) electrons. The van der Waals surface area contributed by atoms with Gasteiger partial charge in [0.25, 0.3) is 0 Å². The van der Waals surface area contributed by atoms with Crippen molar-refractivity contribution in [2.45, 2.75) is 13.3 Å². The molecule has 4 heteroatoms. The Kier molecular flexibility index (Phi) is 3.45. The number of methoxy groups -OCH3 is 1. The molecule has 1 aliphatic rings. The highest BCUT2D eigenvalue weighted by molar-refractivity contribution is 5.99. The monoisotopic (exact) mass is 248 g/mol. The highest BCUT2D eigenvalue weighted by atomic mass is 16.5. The Morgan fingerprint density at radius 3 is 2.78 bits per heavy atom. The number of carbonyl (C=O) groups excluding carboxylic acids is 1. The average molecular weight is 248 g/mol. The predicted molar refractivity (Wildman–Crippen MR) is 72.7 cm³/mol. The lowest BCUT2D eigenvalue weighted by Crippen LogP contribution is -2.24. The van der Waals surface area contributed by atoms with Crippen molar-refractivity contribution in [1.29, 1.82) is 0 Å². The number of hydrogen-bond acceptors (Lipinski definition) is 4. The van der Waals surface area contributed by atoms with Crippen molar-refractivity contribution in [3.05, 3.63) is 23.8 Å². The van der Waals surface area contributed by atoms with Crippen LogP contribution in [0.5, 0.6) is 0 Å². The van der Waals surface area contributed by atoms with Gasteiger partial charge in [-0.3, -0.25) is 0 Å². The zero-order valence-electron chi connectivity index (χ0n) is 11.1. The predicted octanol–water partition coefficient (Wildman–Crippen LogP) is 2.15. The normalized spacial score (nSPS) is 21.5. The lowest BCUT2D eigenvalue weighted by Gasteiger charge is -2.23. The maximum absolute atomic E-state index is 11.8. The Labute approximate surface area is 108 Å². The summed E-state index contributed by atoms with van der Waals surface area (Å²) < 4.78 is 4.80. The summed E-state index contributed by atoms with van der Waals surface area (Å²) in [5.74, 6) is 1.15. The molecule has 0 saturated heterocycles. The number of para-hydroxylation sites is 1. The topological polar surface area (TPSA) is 55.6 Å². The van der Waals surface area contributed by atoms with Gasteiger partial charge in [-0.25, -0.2) is 4.79 Å². The van der Waals surface area contributed by atoms with Gasteiger partial charge in [-0.1, -0.05) is 13.0 Å². The summed E-state index contributed by atoms with van der Waals surface area (Å²) in [6.07, 6.45) is 1.25. The fourth-order valence-electron chi connectivity index (χ4n) is 2.36. The fraction of sp³-hybridized carbons (Fsp3) is 0.500. The average Bonchev–Trinajstić information content (AvgIpc) is 3.03. The summed E-state index contributed by atoms with van der Waals surface area (Å²) in [4.78, 5) is 13.8. The van der Waals surface area contributed by atoms with Crippen LogP contribution in [-0.2, 0) is 4.74 Å². The minimum absolute atomic E-state index is 0.340. The van der Waals surface area contributed by atoms with E-state index in [1.807, 2.05) is 13.1 Å². The van der Waals surface area contributed by atoms with Crippen LogP contribution in [0.15, 0.2) is 18.2 Å². The Morgan fingerprint density at radius 1 is 1.56 bits per heavy atom. The van der Waals surface area contributed by atoms with Crippen LogP contribution in [0.4, 0.5) is 11.4 Å². The first-order valence-electron chi connectivity index (χ1n) is 6.22. The highest BCUT2D eigenvalue weighted by Gasteiger charge is 2.34. The second kappa shape index (κ2) is 4.88. The summed E-state index contributed by atoms with van der Waals surface area (Å²) in [7, 11) is 3.36. The summed E-state index contributed by atoms with van der Waals surface area (Å²) in [6.45, 7) is 3.17. The van der Waals surface area contributed by atoms with Crippen LogP contribution < -0.4 is 10.6 Å². The van der Waals surface area contributed by atoms with E-state index in [1.54, 1.807) is 12.1 Å². The lowest BCUT2D eigenvalue weighted by molar-refractivity contribution is 0.0601. The molecule has 0 spiro atoms. The zero-order chi connectivity index (χ0) is 13.3. The number of nitrogens with two attached hydrogens (primary N) is 1. The highest BCUT2D eigenvalue weighted by Crippen LogP contribution is 2.40. The van der Waals surface area contributed by atoms with E-state index in [2.05, 4.69) is 11.8 Å². The summed E-state index contributed by atoms with van der Waals surface area (Å²) in [5, 5.41) is 0. The third-order valence-electron chi connectivity index (χ3n) is 3.64. The van der Waals surface area contributed by atoms with E-state index < -0.39 is 0 Å². The van der Waals surface area contributed by atoms with Crippen LogP contribution in [0.25, 0.3) is 0 Å². The van der Waals surface area contributed by atoms with Gasteiger partial charge < -0.3 is 15.4 Å². The first-order valence-corrected chi connectivity index (χ1v) is 6.22. The number of hydrogen-bond donors (Lipinski definition) is 1. The molecule has 2 rings (SSSR count). The van der Waals surface area contributed by atoms with Gasteiger partial charge >= 0.3 is 5.97 Å². The largest absolute Gasteiger partial charge is 0.465 e. The van der Waals surface area contributed by atoms with Gasteiger partial charge in [-0.15, -0.1) is 0 Å². The van der Waals surface area contributed by atoms with Crippen LogP contribution in [0.2, 0.25) is 0 Å². The van der Waals surface area contributed by atoms with Gasteiger partial charge in [-0.05, 0) is 30.4 Å². The molecule has 4 nitrogen and oxygen atoms in total. The van der Waals surface area contributed by atoms with Crippen molar-refractivity contribution in [3.8, 4) is 0 Å². The SMILES string of the molecule is COC(=O)c1cccc(N)c1N(C)CC1CC1C. The first kappa shape index (κ1) is 12.7. The molecule has 98 valence electrons. The quantitative estimate of drug-likeness (QED) is 0.655. The van der Waals surface area contributed by atoms with E-state index in [4.69, 9.17) is 10.5 Å². The van der Waals surface area contributed by atoms with E-state index in [9.17, 15) is 4.79 Å². The van der Waals surface area contributed by atoms with Gasteiger partial charge in [0.05, 0.1) is 24.0 Å². The molecule has 2 unspecified atom stereocenters. The molecule has 2 atom stereocenters. The summed E-state index contributed by atoms with van der Waals surface area (Å²) in [6, 6.07) is 5.34. The Balaban J connectivity index is 2.26. The molecule has 0 aromatic heterocycles. The maximum Gasteiger partial charge on any atom is 0.340 e. The standard InChI is InChI=1S/C14H20N2O2/c1-9-7-10(9)8-16(2)13-11(14(17)18-3)5-4-6-12(13)15/h4-6,9-10H,7-8,15H2,1-3H3. The molecule has 0 aliphatic heterocycles. The van der Waals surface area contributed by atoms with Crippen molar-refractivity contribution < 1.29 is 9.53 Å². The number of carbonyl (C=O) groups is 1. The first-order chi connectivity index (χ1) is 8.54. The molecule has 18 heavy (non-hydrogen) atoms.